The number of nitrogens with zero attached hydrogens (tertiary/aromatic N) is 3. The van der Waals surface area contributed by atoms with E-state index in [0.717, 1.165) is 0 Å². The van der Waals surface area contributed by atoms with Crippen molar-refractivity contribution in [2.45, 2.75) is 6.54 Å². The fourth-order valence-electron chi connectivity index (χ4n) is 0.815. The molecule has 0 spiro atoms. The molecule has 4 nitrogen and oxygen atoms in total. The van der Waals surface area contributed by atoms with E-state index in [-0.39, 0.29) is 0 Å². The first-order chi connectivity index (χ1) is 6.33. The van der Waals surface area contributed by atoms with Gasteiger partial charge in [0.25, 0.3) is 0 Å². The maximum Gasteiger partial charge on any atom is 0.137 e. The van der Waals surface area contributed by atoms with Gasteiger partial charge >= 0.3 is 0 Å². The Morgan fingerprint density at radius 2 is 2.46 bits per heavy atom. The number of hydrogen-bond donors (Lipinski definition) is 1. The highest BCUT2D eigenvalue weighted by Crippen LogP contribution is 1.89. The molecule has 1 aromatic heterocycles. The van der Waals surface area contributed by atoms with Gasteiger partial charge < -0.3 is 5.73 Å². The molecule has 0 aliphatic rings. The summed E-state index contributed by atoms with van der Waals surface area (Å²) in [5.41, 5.74) is 6.26. The fraction of sp³-hybridized carbons (Fsp3) is 0.111. The van der Waals surface area contributed by atoms with Gasteiger partial charge in [-0.3, -0.25) is 0 Å². The number of allylic oxidation sites excluding steroid dienone is 4. The second kappa shape index (κ2) is 4.92. The predicted molar refractivity (Wildman–Crippen MR) is 51.6 cm³/mol. The molecule has 0 aliphatic heterocycles. The van der Waals surface area contributed by atoms with E-state index in [1.54, 1.807) is 23.2 Å². The van der Waals surface area contributed by atoms with Crippen LogP contribution in [-0.2, 0) is 6.54 Å². The summed E-state index contributed by atoms with van der Waals surface area (Å²) >= 11 is 0. The highest BCUT2D eigenvalue weighted by Gasteiger charge is 1.84. The Morgan fingerprint density at radius 1 is 1.62 bits per heavy atom. The lowest BCUT2D eigenvalue weighted by atomic mass is 10.3. The molecule has 2 N–H and O–H groups in total. The third kappa shape index (κ3) is 3.37. The summed E-state index contributed by atoms with van der Waals surface area (Å²) in [4.78, 5) is 3.81. The van der Waals surface area contributed by atoms with Crippen molar-refractivity contribution < 1.29 is 0 Å². The molecule has 1 rings (SSSR count). The molecule has 0 radical (unpaired) electrons. The van der Waals surface area contributed by atoms with Gasteiger partial charge in [0.15, 0.2) is 0 Å². The van der Waals surface area contributed by atoms with E-state index in [0.29, 0.717) is 12.2 Å². The minimum Gasteiger partial charge on any atom is -0.399 e. The molecular formula is C9H12N4. The average molecular weight is 176 g/mol. The Hall–Kier alpha value is -1.84. The van der Waals surface area contributed by atoms with Crippen LogP contribution in [0.1, 0.15) is 0 Å². The van der Waals surface area contributed by atoms with Crippen molar-refractivity contribution in [2.75, 3.05) is 0 Å². The van der Waals surface area contributed by atoms with Gasteiger partial charge in [-0.15, -0.1) is 0 Å². The van der Waals surface area contributed by atoms with E-state index in [4.69, 9.17) is 5.73 Å². The van der Waals surface area contributed by atoms with Gasteiger partial charge in [0, 0.05) is 5.70 Å². The first-order valence-corrected chi connectivity index (χ1v) is 3.90. The molecule has 68 valence electrons. The van der Waals surface area contributed by atoms with Crippen molar-refractivity contribution in [1.29, 1.82) is 0 Å². The fourth-order valence-corrected chi connectivity index (χ4v) is 0.815. The second-order valence-electron chi connectivity index (χ2n) is 2.42. The molecule has 0 aromatic carbocycles. The van der Waals surface area contributed by atoms with Gasteiger partial charge in [-0.2, -0.15) is 5.10 Å². The van der Waals surface area contributed by atoms with Crippen molar-refractivity contribution in [1.82, 2.24) is 14.8 Å². The van der Waals surface area contributed by atoms with Gasteiger partial charge in [0.05, 0.1) is 6.54 Å². The van der Waals surface area contributed by atoms with E-state index >= 15 is 0 Å². The lowest BCUT2D eigenvalue weighted by Gasteiger charge is -1.92. The van der Waals surface area contributed by atoms with Crippen LogP contribution in [0.5, 0.6) is 0 Å². The van der Waals surface area contributed by atoms with Crippen LogP contribution in [0.25, 0.3) is 0 Å². The largest absolute Gasteiger partial charge is 0.399 e. The number of nitrogens with two attached hydrogens (primary N) is 1. The van der Waals surface area contributed by atoms with Crippen LogP contribution in [0.15, 0.2) is 49.2 Å². The van der Waals surface area contributed by atoms with E-state index in [9.17, 15) is 0 Å². The van der Waals surface area contributed by atoms with Crippen LogP contribution in [0.4, 0.5) is 0 Å². The second-order valence-corrected chi connectivity index (χ2v) is 2.42. The van der Waals surface area contributed by atoms with Gasteiger partial charge in [-0.1, -0.05) is 18.7 Å². The van der Waals surface area contributed by atoms with Gasteiger partial charge in [-0.25, -0.2) is 9.67 Å². The monoisotopic (exact) mass is 176 g/mol. The van der Waals surface area contributed by atoms with Crippen molar-refractivity contribution in [2.24, 2.45) is 5.73 Å². The highest BCUT2D eigenvalue weighted by atomic mass is 15.3. The normalized spacial score (nSPS) is 12.2. The Labute approximate surface area is 77.1 Å². The van der Waals surface area contributed by atoms with Crippen molar-refractivity contribution in [3.05, 3.63) is 49.2 Å². The molecule has 0 saturated carbocycles. The van der Waals surface area contributed by atoms with E-state index in [1.807, 2.05) is 12.2 Å². The van der Waals surface area contributed by atoms with Gasteiger partial charge in [0.2, 0.25) is 0 Å². The maximum absolute atomic E-state index is 5.58. The zero-order chi connectivity index (χ0) is 9.52. The van der Waals surface area contributed by atoms with Gasteiger partial charge in [-0.05, 0) is 12.2 Å². The van der Waals surface area contributed by atoms with Crippen molar-refractivity contribution >= 4 is 0 Å². The summed E-state index contributed by atoms with van der Waals surface area (Å²) < 4.78 is 1.71. The van der Waals surface area contributed by atoms with Crippen LogP contribution < -0.4 is 5.73 Å². The highest BCUT2D eigenvalue weighted by molar-refractivity contribution is 5.19. The molecule has 0 unspecified atom stereocenters. The topological polar surface area (TPSA) is 56.7 Å². The van der Waals surface area contributed by atoms with E-state index in [1.165, 1.54) is 6.33 Å². The minimum absolute atomic E-state index is 0.672. The van der Waals surface area contributed by atoms with E-state index in [2.05, 4.69) is 16.7 Å². The Kier molecular flexibility index (Phi) is 3.50. The zero-order valence-corrected chi connectivity index (χ0v) is 7.30. The molecule has 0 aliphatic carbocycles. The Bertz CT molecular complexity index is 308. The first kappa shape index (κ1) is 9.25. The third-order valence-electron chi connectivity index (χ3n) is 1.38. The molecule has 1 heterocycles. The van der Waals surface area contributed by atoms with Crippen LogP contribution in [0, 0.1) is 0 Å². The molecule has 0 bridgehead atoms. The SMILES string of the molecule is C=C/C=C(N)\C=C/Cn1cncn1. The molecule has 1 aromatic rings. The summed E-state index contributed by atoms with van der Waals surface area (Å²) in [6.45, 7) is 4.21. The predicted octanol–water partition coefficient (Wildman–Crippen LogP) is 0.863. The maximum atomic E-state index is 5.58. The van der Waals surface area contributed by atoms with Crippen molar-refractivity contribution in [3.63, 3.8) is 0 Å². The summed E-state index contributed by atoms with van der Waals surface area (Å²) in [5, 5.41) is 3.93. The summed E-state index contributed by atoms with van der Waals surface area (Å²) in [6, 6.07) is 0. The van der Waals surface area contributed by atoms with Crippen molar-refractivity contribution in [3.8, 4) is 0 Å². The first-order valence-electron chi connectivity index (χ1n) is 3.90. The number of rotatable bonds is 4. The number of aromatic nitrogens is 3. The summed E-state index contributed by atoms with van der Waals surface area (Å²) in [5.74, 6) is 0. The van der Waals surface area contributed by atoms with Gasteiger partial charge in [0.1, 0.15) is 12.7 Å². The molecule has 0 saturated heterocycles. The molecule has 4 heteroatoms. The summed E-state index contributed by atoms with van der Waals surface area (Å²) in [7, 11) is 0. The molecule has 13 heavy (non-hydrogen) atoms. The third-order valence-corrected chi connectivity index (χ3v) is 1.38. The smallest absolute Gasteiger partial charge is 0.137 e. The average Bonchev–Trinajstić information content (AvgIpc) is 2.57. The summed E-state index contributed by atoms with van der Waals surface area (Å²) in [6.07, 6.45) is 10.2. The molecule has 0 amide bonds. The van der Waals surface area contributed by atoms with Crippen LogP contribution in [-0.4, -0.2) is 14.8 Å². The van der Waals surface area contributed by atoms with Crippen LogP contribution >= 0.6 is 0 Å². The molecular weight excluding hydrogens is 164 g/mol. The zero-order valence-electron chi connectivity index (χ0n) is 7.30. The standard InChI is InChI=1S/C9H12N4/c1-2-4-9(10)5-3-6-13-8-11-7-12-13/h2-5,7-8H,1,6,10H2/b5-3-,9-4+. The minimum atomic E-state index is 0.672. The lowest BCUT2D eigenvalue weighted by Crippen LogP contribution is -1.96. The number of hydrogen-bond acceptors (Lipinski definition) is 3. The quantitative estimate of drug-likeness (QED) is 0.692. The van der Waals surface area contributed by atoms with Crippen LogP contribution in [0.2, 0.25) is 0 Å². The van der Waals surface area contributed by atoms with E-state index < -0.39 is 0 Å². The molecule has 0 fully saturated rings. The Balaban J connectivity index is 2.42. The lowest BCUT2D eigenvalue weighted by molar-refractivity contribution is 0.699. The molecule has 0 atom stereocenters. The van der Waals surface area contributed by atoms with Crippen LogP contribution in [0.3, 0.4) is 0 Å². The Morgan fingerprint density at radius 3 is 3.08 bits per heavy atom.